The fraction of sp³-hybridized carbons (Fsp3) is 0.0833. The van der Waals surface area contributed by atoms with Crippen molar-refractivity contribution in [3.05, 3.63) is 56.7 Å². The molecule has 3 N–H and O–H groups in total. The van der Waals surface area contributed by atoms with Crippen LogP contribution in [0, 0.1) is 15.9 Å². The van der Waals surface area contributed by atoms with Gasteiger partial charge in [-0.3, -0.25) is 14.9 Å². The molecule has 10 heteroatoms. The van der Waals surface area contributed by atoms with Crippen molar-refractivity contribution in [1.82, 2.24) is 9.97 Å². The van der Waals surface area contributed by atoms with Crippen LogP contribution in [0.3, 0.4) is 0 Å². The average molecular weight is 326 g/mol. The molecule has 0 saturated carbocycles. The van der Waals surface area contributed by atoms with Crippen molar-refractivity contribution in [3.63, 3.8) is 0 Å². The van der Waals surface area contributed by atoms with E-state index in [0.717, 1.165) is 12.3 Å². The molecular weight excluding hydrogens is 317 g/mol. The number of benzene rings is 1. The number of hydrogen-bond donors (Lipinski definition) is 2. The summed E-state index contributed by atoms with van der Waals surface area (Å²) in [7, 11) is 0. The van der Waals surface area contributed by atoms with Gasteiger partial charge >= 0.3 is 0 Å². The third-order valence-corrected chi connectivity index (χ3v) is 2.90. The fourth-order valence-corrected chi connectivity index (χ4v) is 1.78. The Bertz CT molecular complexity index is 756. The Morgan fingerprint density at radius 2 is 2.23 bits per heavy atom. The van der Waals surface area contributed by atoms with Gasteiger partial charge in [0.2, 0.25) is 5.28 Å². The summed E-state index contributed by atoms with van der Waals surface area (Å²) in [6.45, 7) is -0.0720. The van der Waals surface area contributed by atoms with Crippen molar-refractivity contribution < 1.29 is 14.1 Å². The van der Waals surface area contributed by atoms with E-state index in [4.69, 9.17) is 17.3 Å². The van der Waals surface area contributed by atoms with Crippen molar-refractivity contribution in [1.29, 1.82) is 0 Å². The summed E-state index contributed by atoms with van der Waals surface area (Å²) < 4.78 is 13.8. The van der Waals surface area contributed by atoms with Crippen LogP contribution in [0.2, 0.25) is 5.28 Å². The highest BCUT2D eigenvalue weighted by Gasteiger charge is 2.14. The zero-order valence-corrected chi connectivity index (χ0v) is 11.7. The summed E-state index contributed by atoms with van der Waals surface area (Å²) in [5, 5.41) is 13.1. The predicted molar refractivity (Wildman–Crippen MR) is 75.9 cm³/mol. The first-order valence-electron chi connectivity index (χ1n) is 5.87. The van der Waals surface area contributed by atoms with Gasteiger partial charge in [0.15, 0.2) is 0 Å². The summed E-state index contributed by atoms with van der Waals surface area (Å²) in [6.07, 6.45) is 1.15. The molecule has 0 atom stereocenters. The van der Waals surface area contributed by atoms with Crippen molar-refractivity contribution in [2.45, 2.75) is 6.54 Å². The summed E-state index contributed by atoms with van der Waals surface area (Å²) >= 11 is 5.63. The first-order valence-corrected chi connectivity index (χ1v) is 6.25. The van der Waals surface area contributed by atoms with Crippen LogP contribution in [-0.4, -0.2) is 20.8 Å². The molecule has 22 heavy (non-hydrogen) atoms. The van der Waals surface area contributed by atoms with Gasteiger partial charge in [0.25, 0.3) is 11.6 Å². The zero-order valence-electron chi connectivity index (χ0n) is 10.9. The number of anilines is 1. The maximum atomic E-state index is 13.8. The van der Waals surface area contributed by atoms with Crippen LogP contribution in [0.15, 0.2) is 24.4 Å². The number of primary amides is 1. The number of aromatic nitrogens is 2. The minimum absolute atomic E-state index is 0.00767. The lowest BCUT2D eigenvalue weighted by Crippen LogP contribution is -2.16. The first-order chi connectivity index (χ1) is 10.4. The van der Waals surface area contributed by atoms with Gasteiger partial charge in [-0.1, -0.05) is 0 Å². The van der Waals surface area contributed by atoms with E-state index >= 15 is 0 Å². The van der Waals surface area contributed by atoms with Gasteiger partial charge in [-0.05, 0) is 17.7 Å². The average Bonchev–Trinajstić information content (AvgIpc) is 2.45. The molecule has 0 aliphatic carbocycles. The molecule has 0 unspecified atom stereocenters. The topological polar surface area (TPSA) is 124 Å². The van der Waals surface area contributed by atoms with E-state index in [1.165, 1.54) is 12.1 Å². The molecule has 1 aromatic carbocycles. The quantitative estimate of drug-likeness (QED) is 0.491. The van der Waals surface area contributed by atoms with E-state index in [9.17, 15) is 19.3 Å². The van der Waals surface area contributed by atoms with E-state index in [2.05, 4.69) is 15.3 Å². The molecule has 0 radical (unpaired) electrons. The van der Waals surface area contributed by atoms with Crippen molar-refractivity contribution in [2.75, 3.05) is 5.32 Å². The van der Waals surface area contributed by atoms with Gasteiger partial charge in [0.1, 0.15) is 11.6 Å². The second kappa shape index (κ2) is 6.31. The van der Waals surface area contributed by atoms with Gasteiger partial charge in [0, 0.05) is 24.4 Å². The molecule has 114 valence electrons. The predicted octanol–water partition coefficient (Wildman–Crippen LogP) is 1.89. The highest BCUT2D eigenvalue weighted by atomic mass is 35.5. The number of non-ortho nitro benzene ring substituents is 1. The van der Waals surface area contributed by atoms with Crippen molar-refractivity contribution >= 4 is 29.0 Å². The molecule has 0 spiro atoms. The van der Waals surface area contributed by atoms with Gasteiger partial charge in [0.05, 0.1) is 16.6 Å². The Hall–Kier alpha value is -2.81. The smallest absolute Gasteiger partial charge is 0.272 e. The molecule has 0 aliphatic rings. The number of nitrogens with one attached hydrogen (secondary N) is 1. The van der Waals surface area contributed by atoms with Gasteiger partial charge in [-0.2, -0.15) is 4.98 Å². The summed E-state index contributed by atoms with van der Waals surface area (Å²) in [5.41, 5.74) is 4.95. The third kappa shape index (κ3) is 3.44. The molecule has 2 aromatic rings. The van der Waals surface area contributed by atoms with Crippen LogP contribution in [0.5, 0.6) is 0 Å². The largest absolute Gasteiger partial charge is 0.365 e. The molecule has 1 heterocycles. The molecule has 0 aliphatic heterocycles. The number of nitrogens with two attached hydrogens (primary N) is 1. The Labute approximate surface area is 128 Å². The lowest BCUT2D eigenvalue weighted by Gasteiger charge is -2.09. The van der Waals surface area contributed by atoms with Crippen molar-refractivity contribution in [2.24, 2.45) is 5.73 Å². The highest BCUT2D eigenvalue weighted by Crippen LogP contribution is 2.19. The van der Waals surface area contributed by atoms with Gasteiger partial charge < -0.3 is 11.1 Å². The third-order valence-electron chi connectivity index (χ3n) is 2.72. The number of hydrogen-bond acceptors (Lipinski definition) is 6. The Kier molecular flexibility index (Phi) is 4.47. The standard InChI is InChI=1S/C12H9ClFN5O3/c13-12-17-5-8(10(15)20)11(18-12)16-4-6-1-2-7(19(21)22)3-9(6)14/h1-3,5H,4H2,(H2,15,20)(H,16,17,18). The van der Waals surface area contributed by atoms with Crippen LogP contribution in [-0.2, 0) is 6.54 Å². The highest BCUT2D eigenvalue weighted by molar-refractivity contribution is 6.28. The lowest BCUT2D eigenvalue weighted by atomic mass is 10.2. The Morgan fingerprint density at radius 3 is 2.82 bits per heavy atom. The molecule has 0 bridgehead atoms. The minimum Gasteiger partial charge on any atom is -0.365 e. The van der Waals surface area contributed by atoms with E-state index in [0.29, 0.717) is 0 Å². The number of rotatable bonds is 5. The summed E-state index contributed by atoms with van der Waals surface area (Å²) in [6, 6.07) is 3.23. The van der Waals surface area contributed by atoms with E-state index < -0.39 is 16.6 Å². The Balaban J connectivity index is 2.22. The number of carbonyl (C=O) groups excluding carboxylic acids is 1. The zero-order chi connectivity index (χ0) is 16.3. The van der Waals surface area contributed by atoms with E-state index in [-0.39, 0.29) is 34.5 Å². The van der Waals surface area contributed by atoms with Gasteiger partial charge in [-0.15, -0.1) is 0 Å². The second-order valence-electron chi connectivity index (χ2n) is 4.15. The summed E-state index contributed by atoms with van der Waals surface area (Å²) in [5.74, 6) is -1.49. The molecule has 1 amide bonds. The van der Waals surface area contributed by atoms with Crippen LogP contribution < -0.4 is 11.1 Å². The molecule has 0 saturated heterocycles. The molecule has 0 fully saturated rings. The van der Waals surface area contributed by atoms with E-state index in [1.54, 1.807) is 0 Å². The van der Waals surface area contributed by atoms with Crippen molar-refractivity contribution in [3.8, 4) is 0 Å². The fourth-order valence-electron chi connectivity index (χ4n) is 1.65. The maximum absolute atomic E-state index is 13.8. The number of carbonyl (C=O) groups is 1. The first kappa shape index (κ1) is 15.6. The van der Waals surface area contributed by atoms with E-state index in [1.807, 2.05) is 0 Å². The Morgan fingerprint density at radius 1 is 1.50 bits per heavy atom. The molecule has 1 aromatic heterocycles. The summed E-state index contributed by atoms with van der Waals surface area (Å²) in [4.78, 5) is 28.5. The number of nitrogens with zero attached hydrogens (tertiary/aromatic N) is 3. The van der Waals surface area contributed by atoms with Gasteiger partial charge in [-0.25, -0.2) is 9.37 Å². The molecule has 2 rings (SSSR count). The minimum atomic E-state index is -0.775. The SMILES string of the molecule is NC(=O)c1cnc(Cl)nc1NCc1ccc([N+](=O)[O-])cc1F. The van der Waals surface area contributed by atoms with Crippen LogP contribution in [0.4, 0.5) is 15.9 Å². The number of nitro groups is 1. The maximum Gasteiger partial charge on any atom is 0.272 e. The lowest BCUT2D eigenvalue weighted by molar-refractivity contribution is -0.385. The van der Waals surface area contributed by atoms with Crippen LogP contribution >= 0.6 is 11.6 Å². The molecular formula is C12H9ClFN5O3. The molecule has 8 nitrogen and oxygen atoms in total. The normalized spacial score (nSPS) is 10.3. The number of amides is 1. The number of nitro benzene ring substituents is 1. The second-order valence-corrected chi connectivity index (χ2v) is 4.49. The van der Waals surface area contributed by atoms with Crippen LogP contribution in [0.25, 0.3) is 0 Å². The number of halogens is 2. The monoisotopic (exact) mass is 325 g/mol. The van der Waals surface area contributed by atoms with Crippen LogP contribution in [0.1, 0.15) is 15.9 Å².